The normalized spacial score (nSPS) is 14.5. The van der Waals surface area contributed by atoms with Crippen molar-refractivity contribution in [2.75, 3.05) is 33.0 Å². The third-order valence-corrected chi connectivity index (χ3v) is 6.81. The highest BCUT2D eigenvalue weighted by Crippen LogP contribution is 2.43. The number of carbonyl (C=O) groups is 1. The fraction of sp³-hybridized carbons (Fsp3) is 0.767. The molecule has 0 amide bonds. The van der Waals surface area contributed by atoms with Gasteiger partial charge in [0.05, 0.1) is 19.8 Å². The van der Waals surface area contributed by atoms with Crippen LogP contribution >= 0.6 is 7.82 Å². The molecule has 39 heavy (non-hydrogen) atoms. The average molecular weight is 574 g/mol. The second-order valence-electron chi connectivity index (χ2n) is 9.59. The van der Waals surface area contributed by atoms with E-state index in [4.69, 9.17) is 24.3 Å². The van der Waals surface area contributed by atoms with Crippen LogP contribution in [-0.2, 0) is 27.9 Å². The van der Waals surface area contributed by atoms with Crippen molar-refractivity contribution >= 4 is 13.8 Å². The Labute approximate surface area is 238 Å². The van der Waals surface area contributed by atoms with E-state index in [0.29, 0.717) is 6.61 Å². The third-order valence-electron chi connectivity index (χ3n) is 5.82. The largest absolute Gasteiger partial charge is 0.472 e. The number of hydrogen-bond donors (Lipinski definition) is 2. The number of hydrogen-bond acceptors (Lipinski definition) is 7. The van der Waals surface area contributed by atoms with Crippen LogP contribution in [0.4, 0.5) is 0 Å². The van der Waals surface area contributed by atoms with Gasteiger partial charge in [0.15, 0.2) is 0 Å². The van der Waals surface area contributed by atoms with Crippen molar-refractivity contribution in [3.8, 4) is 0 Å². The van der Waals surface area contributed by atoms with Crippen LogP contribution in [0.5, 0.6) is 0 Å². The number of carbonyl (C=O) groups excluding carboxylic acids is 1. The average Bonchev–Trinajstić information content (AvgIpc) is 2.92. The van der Waals surface area contributed by atoms with Gasteiger partial charge in [-0.3, -0.25) is 13.8 Å². The van der Waals surface area contributed by atoms with E-state index in [1.807, 2.05) is 0 Å². The molecule has 0 rings (SSSR count). The molecule has 228 valence electrons. The number of ether oxygens (including phenoxy) is 2. The van der Waals surface area contributed by atoms with Gasteiger partial charge in [0.1, 0.15) is 6.10 Å². The lowest BCUT2D eigenvalue weighted by atomic mass is 10.1. The molecule has 0 bridgehead atoms. The molecule has 0 radical (unpaired) electrons. The Morgan fingerprint density at radius 3 is 2.13 bits per heavy atom. The van der Waals surface area contributed by atoms with Crippen molar-refractivity contribution in [3.05, 3.63) is 36.5 Å². The van der Waals surface area contributed by atoms with Gasteiger partial charge in [-0.05, 0) is 44.9 Å². The second kappa shape index (κ2) is 28.3. The van der Waals surface area contributed by atoms with E-state index in [1.54, 1.807) is 0 Å². The zero-order chi connectivity index (χ0) is 28.9. The number of rotatable bonds is 28. The molecule has 0 fully saturated rings. The zero-order valence-corrected chi connectivity index (χ0v) is 25.5. The van der Waals surface area contributed by atoms with Crippen LogP contribution in [0.25, 0.3) is 0 Å². The summed E-state index contributed by atoms with van der Waals surface area (Å²) in [6.45, 7) is 4.69. The maximum atomic E-state index is 12.4. The molecule has 8 nitrogen and oxygen atoms in total. The summed E-state index contributed by atoms with van der Waals surface area (Å²) in [6, 6.07) is 0. The standard InChI is InChI=1S/C30H56NO7P/c1-3-5-7-9-11-12-13-14-15-16-17-19-21-23-30(32)38-29(28-37-39(33,34)36-26-24-31)27-35-25-22-20-18-10-8-6-4-2/h5,7,11-12,14-15,29H,3-4,6,8-10,13,16-28,31H2,1-2H3,(H,33,34)/b7-5-,12-11-,15-14-. The number of phosphoric acid groups is 1. The second-order valence-corrected chi connectivity index (χ2v) is 11.0. The van der Waals surface area contributed by atoms with Crippen molar-refractivity contribution in [2.45, 2.75) is 116 Å². The van der Waals surface area contributed by atoms with Crippen molar-refractivity contribution < 1.29 is 32.8 Å². The predicted octanol–water partition coefficient (Wildman–Crippen LogP) is 7.57. The topological polar surface area (TPSA) is 117 Å². The molecular weight excluding hydrogens is 517 g/mol. The summed E-state index contributed by atoms with van der Waals surface area (Å²) in [5.74, 6) is -0.364. The maximum absolute atomic E-state index is 12.4. The first-order valence-corrected chi connectivity index (χ1v) is 16.5. The van der Waals surface area contributed by atoms with Gasteiger partial charge in [-0.25, -0.2) is 4.57 Å². The van der Waals surface area contributed by atoms with Gasteiger partial charge in [0.25, 0.3) is 0 Å². The van der Waals surface area contributed by atoms with E-state index in [9.17, 15) is 14.3 Å². The number of allylic oxidation sites excluding steroid dienone is 6. The van der Waals surface area contributed by atoms with Crippen LogP contribution in [0, 0.1) is 0 Å². The monoisotopic (exact) mass is 573 g/mol. The highest BCUT2D eigenvalue weighted by molar-refractivity contribution is 7.47. The van der Waals surface area contributed by atoms with E-state index in [-0.39, 0.29) is 38.8 Å². The van der Waals surface area contributed by atoms with E-state index >= 15 is 0 Å². The molecule has 2 unspecified atom stereocenters. The highest BCUT2D eigenvalue weighted by atomic mass is 31.2. The van der Waals surface area contributed by atoms with Gasteiger partial charge >= 0.3 is 13.8 Å². The summed E-state index contributed by atoms with van der Waals surface area (Å²) in [5, 5.41) is 0. The third kappa shape index (κ3) is 28.1. The summed E-state index contributed by atoms with van der Waals surface area (Å²) in [5.41, 5.74) is 5.31. The van der Waals surface area contributed by atoms with Crippen LogP contribution in [0.3, 0.4) is 0 Å². The first-order chi connectivity index (χ1) is 18.9. The first kappa shape index (κ1) is 37.7. The molecule has 0 aromatic heterocycles. The molecule has 2 atom stereocenters. The lowest BCUT2D eigenvalue weighted by molar-refractivity contribution is -0.154. The van der Waals surface area contributed by atoms with Crippen LogP contribution in [0.1, 0.15) is 110 Å². The van der Waals surface area contributed by atoms with Crippen molar-refractivity contribution in [3.63, 3.8) is 0 Å². The Bertz CT molecular complexity index is 697. The molecule has 0 aromatic carbocycles. The Hall–Kier alpha value is -1.28. The van der Waals surface area contributed by atoms with Crippen LogP contribution in [0.15, 0.2) is 36.5 Å². The molecule has 0 aromatic rings. The molecule has 3 N–H and O–H groups in total. The van der Waals surface area contributed by atoms with E-state index in [1.165, 1.54) is 32.1 Å². The molecular formula is C30H56NO7P. The minimum Gasteiger partial charge on any atom is -0.457 e. The fourth-order valence-corrected chi connectivity index (χ4v) is 4.42. The van der Waals surface area contributed by atoms with E-state index in [2.05, 4.69) is 50.3 Å². The number of phosphoric ester groups is 1. The molecule has 0 aliphatic rings. The maximum Gasteiger partial charge on any atom is 0.472 e. The lowest BCUT2D eigenvalue weighted by Crippen LogP contribution is -2.28. The van der Waals surface area contributed by atoms with Crippen molar-refractivity contribution in [2.24, 2.45) is 5.73 Å². The van der Waals surface area contributed by atoms with Gasteiger partial charge in [-0.2, -0.15) is 0 Å². The summed E-state index contributed by atoms with van der Waals surface area (Å²) < 4.78 is 32.9. The molecule has 0 aliphatic heterocycles. The first-order valence-electron chi connectivity index (χ1n) is 15.0. The van der Waals surface area contributed by atoms with E-state index < -0.39 is 13.9 Å². The minimum atomic E-state index is -4.26. The quantitative estimate of drug-likeness (QED) is 0.0426. The molecule has 9 heteroatoms. The summed E-state index contributed by atoms with van der Waals surface area (Å²) in [7, 11) is -4.26. The van der Waals surface area contributed by atoms with E-state index in [0.717, 1.165) is 57.8 Å². The number of esters is 1. The van der Waals surface area contributed by atoms with Crippen LogP contribution in [0.2, 0.25) is 0 Å². The van der Waals surface area contributed by atoms with Gasteiger partial charge < -0.3 is 20.1 Å². The molecule has 0 spiro atoms. The van der Waals surface area contributed by atoms with Crippen molar-refractivity contribution in [1.29, 1.82) is 0 Å². The van der Waals surface area contributed by atoms with Crippen LogP contribution < -0.4 is 5.73 Å². The Morgan fingerprint density at radius 2 is 1.44 bits per heavy atom. The lowest BCUT2D eigenvalue weighted by Gasteiger charge is -2.20. The zero-order valence-electron chi connectivity index (χ0n) is 24.6. The van der Waals surface area contributed by atoms with Gasteiger partial charge in [-0.15, -0.1) is 0 Å². The van der Waals surface area contributed by atoms with Crippen LogP contribution in [-0.4, -0.2) is 49.9 Å². The Morgan fingerprint density at radius 1 is 0.795 bits per heavy atom. The summed E-state index contributed by atoms with van der Waals surface area (Å²) in [4.78, 5) is 22.1. The fourth-order valence-electron chi connectivity index (χ4n) is 3.65. The Balaban J connectivity index is 4.25. The Kier molecular flexibility index (Phi) is 27.3. The molecule has 0 saturated carbocycles. The summed E-state index contributed by atoms with van der Waals surface area (Å²) >= 11 is 0. The number of nitrogens with two attached hydrogens (primary N) is 1. The molecule has 0 saturated heterocycles. The van der Waals surface area contributed by atoms with Gasteiger partial charge in [0.2, 0.25) is 0 Å². The summed E-state index contributed by atoms with van der Waals surface area (Å²) in [6.07, 6.45) is 27.4. The molecule has 0 heterocycles. The number of unbranched alkanes of at least 4 members (excludes halogenated alkanes) is 9. The van der Waals surface area contributed by atoms with Crippen molar-refractivity contribution in [1.82, 2.24) is 0 Å². The SMILES string of the molecule is CC/C=C\C/C=C\C/C=C\CCCCCC(=O)OC(COCCCCCCCCC)COP(=O)(O)OCCN. The highest BCUT2D eigenvalue weighted by Gasteiger charge is 2.25. The van der Waals surface area contributed by atoms with Gasteiger partial charge in [-0.1, -0.05) is 95.2 Å². The molecule has 0 aliphatic carbocycles. The predicted molar refractivity (Wildman–Crippen MR) is 160 cm³/mol. The van der Waals surface area contributed by atoms with Gasteiger partial charge in [0, 0.05) is 19.6 Å². The smallest absolute Gasteiger partial charge is 0.457 e. The minimum absolute atomic E-state index is 0.0949.